The van der Waals surface area contributed by atoms with Gasteiger partial charge in [0.05, 0.1) is 5.92 Å². The summed E-state index contributed by atoms with van der Waals surface area (Å²) >= 11 is 0. The number of carbonyl (C=O) groups is 1. The highest BCUT2D eigenvalue weighted by Gasteiger charge is 2.31. The summed E-state index contributed by atoms with van der Waals surface area (Å²) in [5.74, 6) is 1.27. The lowest BCUT2D eigenvalue weighted by Gasteiger charge is -2.35. The second-order valence-corrected chi connectivity index (χ2v) is 7.10. The number of rotatable bonds is 5. The molecule has 1 amide bonds. The van der Waals surface area contributed by atoms with Gasteiger partial charge in [0.15, 0.2) is 5.82 Å². The number of carbonyl (C=O) groups excluding carboxylic acids is 1. The van der Waals surface area contributed by atoms with Crippen molar-refractivity contribution in [3.05, 3.63) is 11.7 Å². The zero-order valence-electron chi connectivity index (χ0n) is 14.9. The summed E-state index contributed by atoms with van der Waals surface area (Å²) in [6, 6.07) is 0.624. The van der Waals surface area contributed by atoms with E-state index in [1.165, 1.54) is 0 Å². The Labute approximate surface area is 148 Å². The third-order valence-electron chi connectivity index (χ3n) is 5.11. The molecule has 1 aromatic rings. The molecule has 140 valence electrons. The van der Waals surface area contributed by atoms with E-state index in [1.54, 1.807) is 6.92 Å². The molecule has 0 aromatic carbocycles. The quantitative estimate of drug-likeness (QED) is 0.783. The maximum Gasteiger partial charge on any atom is 0.224 e. The van der Waals surface area contributed by atoms with Crippen molar-refractivity contribution in [3.63, 3.8) is 0 Å². The summed E-state index contributed by atoms with van der Waals surface area (Å²) in [4.78, 5) is 19.2. The Morgan fingerprint density at radius 3 is 2.80 bits per heavy atom. The second kappa shape index (κ2) is 8.73. The van der Waals surface area contributed by atoms with Crippen molar-refractivity contribution in [2.75, 3.05) is 32.8 Å². The molecule has 0 radical (unpaired) electrons. The fraction of sp³-hybridized carbons (Fsp3) is 0.824. The number of aromatic nitrogens is 2. The SMILES string of the molecule is Cc1nc(CCNC(=O)[C@@H]2CC[C@H](N)CN(C3CCOCC3)C2)no1. The van der Waals surface area contributed by atoms with Crippen molar-refractivity contribution < 1.29 is 14.1 Å². The third-order valence-corrected chi connectivity index (χ3v) is 5.11. The van der Waals surface area contributed by atoms with Gasteiger partial charge in [-0.3, -0.25) is 9.69 Å². The van der Waals surface area contributed by atoms with Crippen LogP contribution >= 0.6 is 0 Å². The van der Waals surface area contributed by atoms with Crippen molar-refractivity contribution in [1.82, 2.24) is 20.4 Å². The van der Waals surface area contributed by atoms with Gasteiger partial charge in [0.25, 0.3) is 0 Å². The molecular weight excluding hydrogens is 322 g/mol. The highest BCUT2D eigenvalue weighted by atomic mass is 16.5. The van der Waals surface area contributed by atoms with Gasteiger partial charge in [-0.15, -0.1) is 0 Å². The molecule has 2 fully saturated rings. The van der Waals surface area contributed by atoms with Gasteiger partial charge in [-0.2, -0.15) is 4.98 Å². The minimum Gasteiger partial charge on any atom is -0.381 e. The Kier molecular flexibility index (Phi) is 6.39. The van der Waals surface area contributed by atoms with E-state index in [0.717, 1.165) is 52.0 Å². The van der Waals surface area contributed by atoms with Crippen LogP contribution in [-0.4, -0.2) is 65.9 Å². The van der Waals surface area contributed by atoms with E-state index in [-0.39, 0.29) is 17.9 Å². The van der Waals surface area contributed by atoms with Crippen LogP contribution in [0.2, 0.25) is 0 Å². The zero-order chi connectivity index (χ0) is 17.6. The summed E-state index contributed by atoms with van der Waals surface area (Å²) in [6.07, 6.45) is 4.37. The lowest BCUT2D eigenvalue weighted by Crippen LogP contribution is -2.47. The molecule has 3 heterocycles. The van der Waals surface area contributed by atoms with Gasteiger partial charge in [-0.05, 0) is 25.7 Å². The molecule has 3 rings (SSSR count). The van der Waals surface area contributed by atoms with Crippen LogP contribution in [0.5, 0.6) is 0 Å². The van der Waals surface area contributed by atoms with E-state index < -0.39 is 0 Å². The van der Waals surface area contributed by atoms with Gasteiger partial charge < -0.3 is 20.3 Å². The van der Waals surface area contributed by atoms with Gasteiger partial charge in [0.1, 0.15) is 0 Å². The monoisotopic (exact) mass is 351 g/mol. The Balaban J connectivity index is 1.51. The third kappa shape index (κ3) is 5.23. The average molecular weight is 351 g/mol. The summed E-state index contributed by atoms with van der Waals surface area (Å²) in [5, 5.41) is 6.87. The van der Waals surface area contributed by atoms with Crippen molar-refractivity contribution in [2.45, 2.75) is 51.1 Å². The second-order valence-electron chi connectivity index (χ2n) is 7.10. The van der Waals surface area contributed by atoms with Gasteiger partial charge in [-0.1, -0.05) is 5.16 Å². The Bertz CT molecular complexity index is 558. The fourth-order valence-electron chi connectivity index (χ4n) is 3.70. The maximum atomic E-state index is 12.6. The number of nitrogens with two attached hydrogens (primary N) is 1. The topological polar surface area (TPSA) is 107 Å². The van der Waals surface area contributed by atoms with Gasteiger partial charge in [-0.25, -0.2) is 0 Å². The Morgan fingerprint density at radius 1 is 1.28 bits per heavy atom. The highest BCUT2D eigenvalue weighted by molar-refractivity contribution is 5.78. The first kappa shape index (κ1) is 18.3. The molecule has 1 aromatic heterocycles. The highest BCUT2D eigenvalue weighted by Crippen LogP contribution is 2.22. The van der Waals surface area contributed by atoms with E-state index in [0.29, 0.717) is 30.7 Å². The number of ether oxygens (including phenoxy) is 1. The minimum absolute atomic E-state index is 0.0107. The standard InChI is InChI=1S/C17H29N5O3/c1-12-20-16(21-25-12)4-7-19-17(23)13-2-3-14(18)11-22(10-13)15-5-8-24-9-6-15/h13-15H,2-11,18H2,1H3,(H,19,23)/t13-,14+/m1/s1. The zero-order valence-corrected chi connectivity index (χ0v) is 14.9. The first-order valence-corrected chi connectivity index (χ1v) is 9.26. The molecule has 3 N–H and O–H groups in total. The number of nitrogens with one attached hydrogen (secondary N) is 1. The average Bonchev–Trinajstić information content (AvgIpc) is 2.92. The van der Waals surface area contributed by atoms with Crippen LogP contribution in [0.4, 0.5) is 0 Å². The normalized spacial score (nSPS) is 26.3. The van der Waals surface area contributed by atoms with Crippen LogP contribution in [0.1, 0.15) is 37.4 Å². The van der Waals surface area contributed by atoms with Crippen LogP contribution in [0, 0.1) is 12.8 Å². The van der Waals surface area contributed by atoms with Crippen LogP contribution in [-0.2, 0) is 16.0 Å². The van der Waals surface area contributed by atoms with E-state index in [9.17, 15) is 4.79 Å². The number of hydrogen-bond donors (Lipinski definition) is 2. The first-order valence-electron chi connectivity index (χ1n) is 9.26. The molecule has 0 bridgehead atoms. The summed E-state index contributed by atoms with van der Waals surface area (Å²) in [7, 11) is 0. The molecule has 2 atom stereocenters. The Hall–Kier alpha value is -1.51. The minimum atomic E-state index is -0.0107. The predicted octanol–water partition coefficient (Wildman–Crippen LogP) is 0.255. The van der Waals surface area contributed by atoms with Crippen molar-refractivity contribution in [1.29, 1.82) is 0 Å². The van der Waals surface area contributed by atoms with Gasteiger partial charge in [0, 0.05) is 58.3 Å². The van der Waals surface area contributed by atoms with Gasteiger partial charge >= 0.3 is 0 Å². The first-order chi connectivity index (χ1) is 12.1. The largest absolute Gasteiger partial charge is 0.381 e. The smallest absolute Gasteiger partial charge is 0.224 e. The fourth-order valence-corrected chi connectivity index (χ4v) is 3.70. The molecule has 2 aliphatic heterocycles. The number of nitrogens with zero attached hydrogens (tertiary/aromatic N) is 3. The maximum absolute atomic E-state index is 12.6. The molecule has 0 aliphatic carbocycles. The summed E-state index contributed by atoms with van der Waals surface area (Å²) < 4.78 is 10.4. The van der Waals surface area contributed by atoms with E-state index in [2.05, 4.69) is 20.4 Å². The summed E-state index contributed by atoms with van der Waals surface area (Å²) in [6.45, 7) is 5.54. The molecule has 2 saturated heterocycles. The van der Waals surface area contributed by atoms with E-state index in [4.69, 9.17) is 15.0 Å². The molecule has 25 heavy (non-hydrogen) atoms. The van der Waals surface area contributed by atoms with Gasteiger partial charge in [0.2, 0.25) is 11.8 Å². The van der Waals surface area contributed by atoms with Crippen LogP contribution < -0.4 is 11.1 Å². The summed E-state index contributed by atoms with van der Waals surface area (Å²) in [5.41, 5.74) is 6.24. The van der Waals surface area contributed by atoms with Crippen molar-refractivity contribution >= 4 is 5.91 Å². The molecule has 2 aliphatic rings. The lowest BCUT2D eigenvalue weighted by molar-refractivity contribution is -0.125. The molecule has 0 unspecified atom stereocenters. The van der Waals surface area contributed by atoms with Crippen LogP contribution in [0.15, 0.2) is 4.52 Å². The predicted molar refractivity (Wildman–Crippen MR) is 91.9 cm³/mol. The van der Waals surface area contributed by atoms with Crippen LogP contribution in [0.25, 0.3) is 0 Å². The Morgan fingerprint density at radius 2 is 2.08 bits per heavy atom. The lowest BCUT2D eigenvalue weighted by atomic mass is 10.0. The van der Waals surface area contributed by atoms with E-state index in [1.807, 2.05) is 0 Å². The number of likely N-dealkylation sites (tertiary alicyclic amines) is 1. The van der Waals surface area contributed by atoms with Crippen LogP contribution in [0.3, 0.4) is 0 Å². The molecule has 0 spiro atoms. The van der Waals surface area contributed by atoms with Crippen molar-refractivity contribution in [3.8, 4) is 0 Å². The van der Waals surface area contributed by atoms with Crippen molar-refractivity contribution in [2.24, 2.45) is 11.7 Å². The molecule has 8 nitrogen and oxygen atoms in total. The van der Waals surface area contributed by atoms with E-state index >= 15 is 0 Å². The molecule has 0 saturated carbocycles. The number of amides is 1. The molecule has 8 heteroatoms. The molecular formula is C17H29N5O3. The number of aryl methyl sites for hydroxylation is 1. The number of hydrogen-bond acceptors (Lipinski definition) is 7.